The summed E-state index contributed by atoms with van der Waals surface area (Å²) in [7, 11) is 0. The molecule has 3 heterocycles. The number of carbonyl (C=O) groups excluding carboxylic acids is 2. The molecule has 0 saturated carbocycles. The molecule has 3 aromatic rings. The molecule has 1 saturated heterocycles. The van der Waals surface area contributed by atoms with Crippen molar-refractivity contribution in [3.8, 4) is 0 Å². The number of rotatable bonds is 5. The molecule has 0 spiro atoms. The number of halogens is 1. The number of benzene rings is 1. The maximum Gasteiger partial charge on any atom is 0.274 e. The topological polar surface area (TPSA) is 90.7 Å². The first-order valence-corrected chi connectivity index (χ1v) is 10.5. The Hall–Kier alpha value is -3.46. The Bertz CT molecular complexity index is 1130. The number of nitrogens with zero attached hydrogens (tertiary/aromatic N) is 4. The van der Waals surface area contributed by atoms with Crippen molar-refractivity contribution in [1.82, 2.24) is 19.9 Å². The number of pyridine rings is 1. The van der Waals surface area contributed by atoms with Crippen molar-refractivity contribution in [3.63, 3.8) is 0 Å². The fraction of sp³-hybridized carbons (Fsp3) is 0.348. The molecule has 0 aliphatic carbocycles. The van der Waals surface area contributed by atoms with Crippen molar-refractivity contribution in [3.05, 3.63) is 59.9 Å². The minimum atomic E-state index is -1.86. The molecule has 2 amide bonds. The summed E-state index contributed by atoms with van der Waals surface area (Å²) in [5, 5.41) is 9.75. The summed E-state index contributed by atoms with van der Waals surface area (Å²) in [6.07, 6.45) is 3.74. The van der Waals surface area contributed by atoms with Crippen LogP contribution in [0, 0.1) is 0 Å². The highest BCUT2D eigenvalue weighted by atomic mass is 19.1. The van der Waals surface area contributed by atoms with Gasteiger partial charge in [0, 0.05) is 61.8 Å². The Morgan fingerprint density at radius 2 is 1.78 bits per heavy atom. The number of anilines is 1. The van der Waals surface area contributed by atoms with Gasteiger partial charge in [0.1, 0.15) is 5.65 Å². The van der Waals surface area contributed by atoms with E-state index in [-0.39, 0.29) is 0 Å². The summed E-state index contributed by atoms with van der Waals surface area (Å²) in [6, 6.07) is 11.0. The van der Waals surface area contributed by atoms with Crippen molar-refractivity contribution >= 4 is 28.5 Å². The van der Waals surface area contributed by atoms with Crippen LogP contribution in [0.4, 0.5) is 10.1 Å². The lowest BCUT2D eigenvalue weighted by atomic mass is 10.1. The average Bonchev–Trinajstić information content (AvgIpc) is 3.21. The van der Waals surface area contributed by atoms with Gasteiger partial charge in [0.25, 0.3) is 11.8 Å². The first-order valence-electron chi connectivity index (χ1n) is 10.5. The van der Waals surface area contributed by atoms with Gasteiger partial charge in [-0.1, -0.05) is 12.1 Å². The zero-order valence-electron chi connectivity index (χ0n) is 18.1. The van der Waals surface area contributed by atoms with E-state index in [1.54, 1.807) is 28.7 Å². The number of nitrogens with one attached hydrogen (secondary N) is 1. The largest absolute Gasteiger partial charge is 0.367 e. The SMILES string of the molecule is CC(C)(F)C(=O)N1CCN(c2ccnc3c2ccn3Cc2ccc(C(=O)NO)cc2)CC1. The van der Waals surface area contributed by atoms with Crippen LogP contribution in [0.1, 0.15) is 29.8 Å². The highest BCUT2D eigenvalue weighted by Gasteiger charge is 2.33. The molecule has 1 fully saturated rings. The number of carbonyl (C=O) groups is 2. The molecule has 0 radical (unpaired) electrons. The highest BCUT2D eigenvalue weighted by molar-refractivity contribution is 5.93. The second kappa shape index (κ2) is 8.58. The molecule has 2 aromatic heterocycles. The number of hydrogen-bond donors (Lipinski definition) is 2. The molecule has 1 aliphatic heterocycles. The molecule has 32 heavy (non-hydrogen) atoms. The summed E-state index contributed by atoms with van der Waals surface area (Å²) >= 11 is 0. The fourth-order valence-electron chi connectivity index (χ4n) is 4.03. The molecule has 1 aromatic carbocycles. The Morgan fingerprint density at radius 3 is 2.41 bits per heavy atom. The van der Waals surface area contributed by atoms with Gasteiger partial charge < -0.3 is 14.4 Å². The smallest absolute Gasteiger partial charge is 0.274 e. The maximum atomic E-state index is 14.0. The molecule has 0 unspecified atom stereocenters. The number of fused-ring (bicyclic) bond motifs is 1. The number of aromatic nitrogens is 2. The van der Waals surface area contributed by atoms with Crippen LogP contribution in [0.3, 0.4) is 0 Å². The van der Waals surface area contributed by atoms with Crippen molar-refractivity contribution < 1.29 is 19.2 Å². The van der Waals surface area contributed by atoms with E-state index in [1.807, 2.05) is 35.0 Å². The van der Waals surface area contributed by atoms with E-state index < -0.39 is 17.5 Å². The molecule has 4 rings (SSSR count). The van der Waals surface area contributed by atoms with Gasteiger partial charge >= 0.3 is 0 Å². The summed E-state index contributed by atoms with van der Waals surface area (Å²) in [5.74, 6) is -1.02. The molecule has 2 N–H and O–H groups in total. The van der Waals surface area contributed by atoms with Gasteiger partial charge in [0.05, 0.1) is 0 Å². The van der Waals surface area contributed by atoms with Crippen molar-refractivity contribution in [2.45, 2.75) is 26.1 Å². The molecular weight excluding hydrogens is 413 g/mol. The summed E-state index contributed by atoms with van der Waals surface area (Å²) in [6.45, 7) is 5.38. The molecule has 0 bridgehead atoms. The Balaban J connectivity index is 1.50. The van der Waals surface area contributed by atoms with Gasteiger partial charge in [-0.15, -0.1) is 0 Å². The minimum Gasteiger partial charge on any atom is -0.367 e. The van der Waals surface area contributed by atoms with Crippen LogP contribution < -0.4 is 10.4 Å². The zero-order valence-corrected chi connectivity index (χ0v) is 18.1. The molecule has 1 aliphatic rings. The Labute approximate surface area is 185 Å². The van der Waals surface area contributed by atoms with E-state index in [2.05, 4.69) is 9.88 Å². The Morgan fingerprint density at radius 1 is 1.09 bits per heavy atom. The van der Waals surface area contributed by atoms with Crippen molar-refractivity contribution in [1.29, 1.82) is 0 Å². The van der Waals surface area contributed by atoms with Gasteiger partial charge in [-0.2, -0.15) is 0 Å². The third kappa shape index (κ3) is 4.29. The number of amides is 2. The summed E-state index contributed by atoms with van der Waals surface area (Å²) in [5.41, 5.74) is 3.01. The third-order valence-corrected chi connectivity index (χ3v) is 5.73. The van der Waals surface area contributed by atoms with Crippen LogP contribution in [0.25, 0.3) is 11.0 Å². The predicted molar refractivity (Wildman–Crippen MR) is 119 cm³/mol. The number of piperazine rings is 1. The van der Waals surface area contributed by atoms with Gasteiger partial charge in [0.15, 0.2) is 5.67 Å². The van der Waals surface area contributed by atoms with E-state index in [0.29, 0.717) is 38.3 Å². The lowest BCUT2D eigenvalue weighted by Gasteiger charge is -2.37. The lowest BCUT2D eigenvalue weighted by molar-refractivity contribution is -0.142. The van der Waals surface area contributed by atoms with E-state index in [1.165, 1.54) is 13.8 Å². The van der Waals surface area contributed by atoms with Crippen LogP contribution >= 0.6 is 0 Å². The molecular formula is C23H26FN5O3. The Kier molecular flexibility index (Phi) is 5.84. The van der Waals surface area contributed by atoms with E-state index >= 15 is 0 Å². The second-order valence-corrected chi connectivity index (χ2v) is 8.40. The monoisotopic (exact) mass is 439 g/mol. The van der Waals surface area contributed by atoms with Crippen LogP contribution in [0.5, 0.6) is 0 Å². The number of alkyl halides is 1. The first kappa shape index (κ1) is 21.8. The van der Waals surface area contributed by atoms with Crippen molar-refractivity contribution in [2.75, 3.05) is 31.1 Å². The normalized spacial score (nSPS) is 14.6. The predicted octanol–water partition coefficient (Wildman–Crippen LogP) is 2.60. The molecule has 0 atom stereocenters. The lowest BCUT2D eigenvalue weighted by Crippen LogP contribution is -2.53. The fourth-order valence-corrected chi connectivity index (χ4v) is 4.03. The molecule has 168 valence electrons. The molecule has 8 nitrogen and oxygen atoms in total. The van der Waals surface area contributed by atoms with Crippen LogP contribution in [-0.4, -0.2) is 63.3 Å². The van der Waals surface area contributed by atoms with E-state index in [4.69, 9.17) is 5.21 Å². The summed E-state index contributed by atoms with van der Waals surface area (Å²) in [4.78, 5) is 32.0. The summed E-state index contributed by atoms with van der Waals surface area (Å²) < 4.78 is 16.0. The van der Waals surface area contributed by atoms with Crippen LogP contribution in [0.2, 0.25) is 0 Å². The number of hydroxylamine groups is 1. The first-order chi connectivity index (χ1) is 15.3. The van der Waals surface area contributed by atoms with E-state index in [9.17, 15) is 14.0 Å². The van der Waals surface area contributed by atoms with Crippen LogP contribution in [0.15, 0.2) is 48.8 Å². The highest BCUT2D eigenvalue weighted by Crippen LogP contribution is 2.28. The van der Waals surface area contributed by atoms with Gasteiger partial charge in [-0.05, 0) is 43.7 Å². The van der Waals surface area contributed by atoms with Crippen molar-refractivity contribution in [2.24, 2.45) is 0 Å². The van der Waals surface area contributed by atoms with Gasteiger partial charge in [-0.3, -0.25) is 14.8 Å². The standard InChI is InChI=1S/C23H26FN5O3/c1-23(2,24)22(31)28-13-11-27(12-14-28)19-7-9-25-20-18(19)8-10-29(20)15-16-3-5-17(6-4-16)21(30)26-32/h3-10,32H,11-15H2,1-2H3,(H,26,30). The second-order valence-electron chi connectivity index (χ2n) is 8.40. The van der Waals surface area contributed by atoms with Crippen LogP contribution in [-0.2, 0) is 11.3 Å². The zero-order chi connectivity index (χ0) is 22.9. The van der Waals surface area contributed by atoms with Gasteiger partial charge in [0.2, 0.25) is 0 Å². The maximum absolute atomic E-state index is 14.0. The molecule has 9 heteroatoms. The number of hydrogen-bond acceptors (Lipinski definition) is 5. The minimum absolute atomic E-state index is 0.378. The average molecular weight is 439 g/mol. The quantitative estimate of drug-likeness (QED) is 0.471. The third-order valence-electron chi connectivity index (χ3n) is 5.73. The van der Waals surface area contributed by atoms with Gasteiger partial charge in [-0.25, -0.2) is 14.9 Å². The van der Waals surface area contributed by atoms with E-state index in [0.717, 1.165) is 22.3 Å².